The molecule has 0 aliphatic carbocycles. The zero-order valence-electron chi connectivity index (χ0n) is 8.46. The van der Waals surface area contributed by atoms with E-state index < -0.39 is 0 Å². The Hall–Kier alpha value is -1.75. The van der Waals surface area contributed by atoms with E-state index in [9.17, 15) is 0 Å². The molecule has 78 valence electrons. The number of tetrazole rings is 1. The lowest BCUT2D eigenvalue weighted by Crippen LogP contribution is -2.01. The molecule has 5 nitrogen and oxygen atoms in total. The normalized spacial score (nSPS) is 10.5. The van der Waals surface area contributed by atoms with Gasteiger partial charge in [-0.1, -0.05) is 29.8 Å². The molecule has 0 unspecified atom stereocenters. The third-order valence-corrected chi connectivity index (χ3v) is 2.10. The van der Waals surface area contributed by atoms with Crippen LogP contribution in [0.15, 0.2) is 24.3 Å². The van der Waals surface area contributed by atoms with Crippen LogP contribution in [0.3, 0.4) is 0 Å². The molecule has 0 saturated heterocycles. The van der Waals surface area contributed by atoms with Crippen LogP contribution in [0.1, 0.15) is 17.0 Å². The number of hydrogen-bond donors (Lipinski definition) is 1. The first-order valence-corrected chi connectivity index (χ1v) is 4.71. The van der Waals surface area contributed by atoms with Crippen LogP contribution in [0.4, 0.5) is 0 Å². The summed E-state index contributed by atoms with van der Waals surface area (Å²) in [6.45, 7) is 1.81. The summed E-state index contributed by atoms with van der Waals surface area (Å²) in [6, 6.07) is 8.17. The van der Waals surface area contributed by atoms with E-state index in [-0.39, 0.29) is 6.73 Å². The highest BCUT2D eigenvalue weighted by molar-refractivity contribution is 5.23. The molecular weight excluding hydrogens is 192 g/mol. The Morgan fingerprint density at radius 2 is 2.00 bits per heavy atom. The van der Waals surface area contributed by atoms with Crippen molar-refractivity contribution < 1.29 is 5.11 Å². The third kappa shape index (κ3) is 2.38. The highest BCUT2D eigenvalue weighted by atomic mass is 16.3. The molecule has 2 rings (SSSR count). The van der Waals surface area contributed by atoms with E-state index >= 15 is 0 Å². The summed E-state index contributed by atoms with van der Waals surface area (Å²) in [5, 5.41) is 20.2. The number of aromatic nitrogens is 4. The van der Waals surface area contributed by atoms with Crippen molar-refractivity contribution in [2.45, 2.75) is 20.1 Å². The first kappa shape index (κ1) is 9.79. The van der Waals surface area contributed by atoms with Gasteiger partial charge in [0.1, 0.15) is 0 Å². The molecule has 1 N–H and O–H groups in total. The van der Waals surface area contributed by atoms with Crippen LogP contribution >= 0.6 is 0 Å². The van der Waals surface area contributed by atoms with Gasteiger partial charge in [-0.25, -0.2) is 0 Å². The van der Waals surface area contributed by atoms with Crippen LogP contribution in [-0.4, -0.2) is 25.3 Å². The number of rotatable bonds is 3. The first-order valence-electron chi connectivity index (χ1n) is 4.71. The fourth-order valence-electron chi connectivity index (χ4n) is 1.30. The van der Waals surface area contributed by atoms with Gasteiger partial charge in [0.05, 0.1) is 0 Å². The molecule has 0 radical (unpaired) electrons. The van der Waals surface area contributed by atoms with Crippen molar-refractivity contribution in [3.8, 4) is 0 Å². The molecule has 5 heteroatoms. The molecule has 15 heavy (non-hydrogen) atoms. The van der Waals surface area contributed by atoms with E-state index in [2.05, 4.69) is 15.4 Å². The summed E-state index contributed by atoms with van der Waals surface area (Å²) in [4.78, 5) is 1.16. The van der Waals surface area contributed by atoms with E-state index in [0.717, 1.165) is 10.4 Å². The van der Waals surface area contributed by atoms with Crippen LogP contribution in [0.25, 0.3) is 0 Å². The van der Waals surface area contributed by atoms with Crippen molar-refractivity contribution >= 4 is 0 Å². The topological polar surface area (TPSA) is 63.8 Å². The minimum atomic E-state index is -0.235. The largest absolute Gasteiger partial charge is 0.373 e. The highest BCUT2D eigenvalue weighted by Gasteiger charge is 2.02. The van der Waals surface area contributed by atoms with Gasteiger partial charge in [-0.2, -0.15) is 0 Å². The predicted octanol–water partition coefficient (Wildman–Crippen LogP) is 0.522. The molecule has 0 fully saturated rings. The standard InChI is InChI=1S/C10H12N4O/c1-8-2-4-9(5-3-8)6-10-11-13-14(7-15)12-10/h2-5,15H,6-7H2,1H3. The summed E-state index contributed by atoms with van der Waals surface area (Å²) in [6.07, 6.45) is 0.639. The molecule has 0 spiro atoms. The van der Waals surface area contributed by atoms with Gasteiger partial charge < -0.3 is 5.11 Å². The van der Waals surface area contributed by atoms with Crippen molar-refractivity contribution in [2.24, 2.45) is 0 Å². The van der Waals surface area contributed by atoms with Crippen LogP contribution in [0.5, 0.6) is 0 Å². The van der Waals surface area contributed by atoms with Gasteiger partial charge in [-0.3, -0.25) is 0 Å². The SMILES string of the molecule is Cc1ccc(Cc2nnn(CO)n2)cc1. The number of aryl methyl sites for hydroxylation is 1. The number of hydrogen-bond acceptors (Lipinski definition) is 4. The predicted molar refractivity (Wildman–Crippen MR) is 54.0 cm³/mol. The third-order valence-electron chi connectivity index (χ3n) is 2.10. The lowest BCUT2D eigenvalue weighted by atomic mass is 10.1. The molecule has 0 bridgehead atoms. The van der Waals surface area contributed by atoms with E-state index in [0.29, 0.717) is 12.2 Å². The van der Waals surface area contributed by atoms with Gasteiger partial charge in [0.2, 0.25) is 0 Å². The number of benzene rings is 1. The quantitative estimate of drug-likeness (QED) is 0.791. The van der Waals surface area contributed by atoms with Gasteiger partial charge in [0, 0.05) is 6.42 Å². The summed E-state index contributed by atoms with van der Waals surface area (Å²) >= 11 is 0. The second kappa shape index (κ2) is 4.18. The van der Waals surface area contributed by atoms with Crippen molar-refractivity contribution in [1.82, 2.24) is 20.2 Å². The molecule has 0 atom stereocenters. The van der Waals surface area contributed by atoms with E-state index in [1.807, 2.05) is 31.2 Å². The first-order chi connectivity index (χ1) is 7.28. The van der Waals surface area contributed by atoms with Crippen molar-refractivity contribution in [3.63, 3.8) is 0 Å². The second-order valence-electron chi connectivity index (χ2n) is 3.38. The Labute approximate surface area is 87.4 Å². The van der Waals surface area contributed by atoms with Gasteiger partial charge in [-0.05, 0) is 17.7 Å². The maximum absolute atomic E-state index is 8.75. The smallest absolute Gasteiger partial charge is 0.179 e. The minimum absolute atomic E-state index is 0.235. The lowest BCUT2D eigenvalue weighted by molar-refractivity contribution is 0.175. The van der Waals surface area contributed by atoms with E-state index in [1.165, 1.54) is 5.56 Å². The Morgan fingerprint density at radius 3 is 2.60 bits per heavy atom. The molecule has 1 aromatic heterocycles. The average molecular weight is 204 g/mol. The van der Waals surface area contributed by atoms with Crippen LogP contribution in [0, 0.1) is 6.92 Å². The summed E-state index contributed by atoms with van der Waals surface area (Å²) < 4.78 is 0. The molecule has 1 aromatic carbocycles. The van der Waals surface area contributed by atoms with E-state index in [4.69, 9.17) is 5.11 Å². The average Bonchev–Trinajstić information content (AvgIpc) is 2.69. The zero-order valence-corrected chi connectivity index (χ0v) is 8.46. The van der Waals surface area contributed by atoms with Crippen LogP contribution in [-0.2, 0) is 13.2 Å². The summed E-state index contributed by atoms with van der Waals surface area (Å²) in [7, 11) is 0. The fraction of sp³-hybridized carbons (Fsp3) is 0.300. The molecule has 0 aliphatic heterocycles. The van der Waals surface area contributed by atoms with E-state index in [1.54, 1.807) is 0 Å². The Morgan fingerprint density at radius 1 is 1.27 bits per heavy atom. The summed E-state index contributed by atoms with van der Waals surface area (Å²) in [5.74, 6) is 0.618. The Balaban J connectivity index is 2.11. The Kier molecular flexibility index (Phi) is 2.73. The maximum atomic E-state index is 8.75. The van der Waals surface area contributed by atoms with Crippen LogP contribution in [0.2, 0.25) is 0 Å². The highest BCUT2D eigenvalue weighted by Crippen LogP contribution is 2.06. The van der Waals surface area contributed by atoms with Crippen molar-refractivity contribution in [3.05, 3.63) is 41.2 Å². The molecule has 0 aliphatic rings. The number of aliphatic hydroxyl groups is 1. The van der Waals surface area contributed by atoms with Gasteiger partial charge in [-0.15, -0.1) is 15.0 Å². The monoisotopic (exact) mass is 204 g/mol. The number of nitrogens with zero attached hydrogens (tertiary/aromatic N) is 4. The fourth-order valence-corrected chi connectivity index (χ4v) is 1.30. The van der Waals surface area contributed by atoms with Crippen molar-refractivity contribution in [1.29, 1.82) is 0 Å². The number of aliphatic hydroxyl groups excluding tert-OH is 1. The molecular formula is C10H12N4O. The lowest BCUT2D eigenvalue weighted by Gasteiger charge is -1.97. The van der Waals surface area contributed by atoms with Crippen molar-refractivity contribution in [2.75, 3.05) is 0 Å². The van der Waals surface area contributed by atoms with Gasteiger partial charge in [0.15, 0.2) is 12.6 Å². The molecule has 0 amide bonds. The van der Waals surface area contributed by atoms with Crippen LogP contribution < -0.4 is 0 Å². The van der Waals surface area contributed by atoms with Gasteiger partial charge in [0.25, 0.3) is 0 Å². The Bertz CT molecular complexity index is 435. The van der Waals surface area contributed by atoms with Gasteiger partial charge >= 0.3 is 0 Å². The summed E-state index contributed by atoms with van der Waals surface area (Å²) in [5.41, 5.74) is 2.36. The molecule has 0 saturated carbocycles. The minimum Gasteiger partial charge on any atom is -0.373 e. The maximum Gasteiger partial charge on any atom is 0.179 e. The molecule has 2 aromatic rings. The second-order valence-corrected chi connectivity index (χ2v) is 3.38. The zero-order chi connectivity index (χ0) is 10.7. The molecule has 1 heterocycles.